The topological polar surface area (TPSA) is 108 Å². The molecule has 0 amide bonds. The number of rotatable bonds is 8. The van der Waals surface area contributed by atoms with E-state index in [1.54, 1.807) is 0 Å². The summed E-state index contributed by atoms with van der Waals surface area (Å²) in [6.07, 6.45) is 1.60. The summed E-state index contributed by atoms with van der Waals surface area (Å²) in [5.74, 6) is -1.17. The molecule has 1 N–H and O–H groups in total. The van der Waals surface area contributed by atoms with Crippen molar-refractivity contribution in [1.82, 2.24) is 0 Å². The Bertz CT molecular complexity index is 598. The molecule has 0 fully saturated rings. The molecule has 22 heavy (non-hydrogen) atoms. The van der Waals surface area contributed by atoms with E-state index in [1.807, 2.05) is 6.92 Å². The van der Waals surface area contributed by atoms with E-state index in [1.165, 1.54) is 26.4 Å². The zero-order valence-corrected chi connectivity index (χ0v) is 13.3. The number of esters is 1. The SMILES string of the molecule is CCCCOC(=O)c1cc(OC)c(OS(=O)(=O)O)c(OC)c1. The maximum Gasteiger partial charge on any atom is 0.446 e. The lowest BCUT2D eigenvalue weighted by Gasteiger charge is -2.13. The Hall–Kier alpha value is -2.00. The van der Waals surface area contributed by atoms with Crippen molar-refractivity contribution in [3.63, 3.8) is 0 Å². The highest BCUT2D eigenvalue weighted by molar-refractivity contribution is 7.81. The molecule has 1 rings (SSSR count). The summed E-state index contributed by atoms with van der Waals surface area (Å²) in [7, 11) is -2.27. The van der Waals surface area contributed by atoms with E-state index >= 15 is 0 Å². The first-order valence-electron chi connectivity index (χ1n) is 6.42. The van der Waals surface area contributed by atoms with Gasteiger partial charge in [0, 0.05) is 0 Å². The van der Waals surface area contributed by atoms with E-state index in [2.05, 4.69) is 4.18 Å². The van der Waals surface area contributed by atoms with Gasteiger partial charge >= 0.3 is 16.4 Å². The van der Waals surface area contributed by atoms with Crippen molar-refractivity contribution in [2.75, 3.05) is 20.8 Å². The van der Waals surface area contributed by atoms with Gasteiger partial charge in [-0.1, -0.05) is 13.3 Å². The van der Waals surface area contributed by atoms with Crippen LogP contribution in [0.25, 0.3) is 0 Å². The van der Waals surface area contributed by atoms with Crippen LogP contribution < -0.4 is 13.7 Å². The second-order valence-electron chi connectivity index (χ2n) is 4.21. The predicted octanol–water partition coefficient (Wildman–Crippen LogP) is 1.84. The lowest BCUT2D eigenvalue weighted by atomic mass is 10.2. The Morgan fingerprint density at radius 3 is 2.14 bits per heavy atom. The molecule has 0 atom stereocenters. The minimum Gasteiger partial charge on any atom is -0.493 e. The number of hydrogen-bond donors (Lipinski definition) is 1. The fraction of sp³-hybridized carbons (Fsp3) is 0.462. The second-order valence-corrected chi connectivity index (χ2v) is 5.23. The van der Waals surface area contributed by atoms with E-state index in [0.717, 1.165) is 12.8 Å². The van der Waals surface area contributed by atoms with E-state index in [4.69, 9.17) is 18.8 Å². The summed E-state index contributed by atoms with van der Waals surface area (Å²) in [5, 5.41) is 0. The average Bonchev–Trinajstić information content (AvgIpc) is 2.45. The molecule has 0 saturated heterocycles. The monoisotopic (exact) mass is 334 g/mol. The molecule has 0 heterocycles. The standard InChI is InChI=1S/C13H18O8S/c1-4-5-6-20-13(14)9-7-10(18-2)12(11(8-9)19-3)21-22(15,16)17/h7-8H,4-6H2,1-3H3,(H,15,16,17). The highest BCUT2D eigenvalue weighted by Crippen LogP contribution is 2.39. The van der Waals surface area contributed by atoms with Crippen LogP contribution in [0.4, 0.5) is 0 Å². The average molecular weight is 334 g/mol. The Kier molecular flexibility index (Phi) is 6.44. The zero-order chi connectivity index (χ0) is 16.8. The van der Waals surface area contributed by atoms with Gasteiger partial charge in [-0.2, -0.15) is 8.42 Å². The molecule has 0 aliphatic rings. The van der Waals surface area contributed by atoms with E-state index in [9.17, 15) is 13.2 Å². The lowest BCUT2D eigenvalue weighted by molar-refractivity contribution is 0.0499. The smallest absolute Gasteiger partial charge is 0.446 e. The summed E-state index contributed by atoms with van der Waals surface area (Å²) in [6.45, 7) is 2.23. The predicted molar refractivity (Wildman–Crippen MR) is 76.9 cm³/mol. The Balaban J connectivity index is 3.16. The number of benzene rings is 1. The minimum absolute atomic E-state index is 0.0978. The third-order valence-corrected chi connectivity index (χ3v) is 2.99. The number of carbonyl (C=O) groups is 1. The molecule has 0 saturated carbocycles. The van der Waals surface area contributed by atoms with Crippen LogP contribution in [0.15, 0.2) is 12.1 Å². The van der Waals surface area contributed by atoms with Gasteiger partial charge in [0.05, 0.1) is 26.4 Å². The van der Waals surface area contributed by atoms with Gasteiger partial charge < -0.3 is 18.4 Å². The highest BCUT2D eigenvalue weighted by Gasteiger charge is 2.22. The van der Waals surface area contributed by atoms with Crippen LogP contribution in [0.3, 0.4) is 0 Å². The molecule has 0 unspecified atom stereocenters. The van der Waals surface area contributed by atoms with Crippen LogP contribution in [0.2, 0.25) is 0 Å². The van der Waals surface area contributed by atoms with Crippen molar-refractivity contribution in [3.05, 3.63) is 17.7 Å². The number of methoxy groups -OCH3 is 2. The lowest BCUT2D eigenvalue weighted by Crippen LogP contribution is -2.11. The van der Waals surface area contributed by atoms with Gasteiger partial charge in [-0.05, 0) is 18.6 Å². The Morgan fingerprint density at radius 1 is 1.18 bits per heavy atom. The van der Waals surface area contributed by atoms with Crippen LogP contribution in [-0.2, 0) is 15.1 Å². The van der Waals surface area contributed by atoms with Crippen molar-refractivity contribution < 1.29 is 36.2 Å². The van der Waals surface area contributed by atoms with Gasteiger partial charge in [0.15, 0.2) is 11.5 Å². The van der Waals surface area contributed by atoms with E-state index in [-0.39, 0.29) is 29.4 Å². The van der Waals surface area contributed by atoms with Crippen LogP contribution in [0.1, 0.15) is 30.1 Å². The number of carbonyl (C=O) groups excluding carboxylic acids is 1. The normalized spacial score (nSPS) is 10.9. The summed E-state index contributed by atoms with van der Waals surface area (Å²) < 4.78 is 49.9. The van der Waals surface area contributed by atoms with Gasteiger partial charge in [-0.3, -0.25) is 4.55 Å². The van der Waals surface area contributed by atoms with Gasteiger partial charge in [0.2, 0.25) is 5.75 Å². The molecule has 0 spiro atoms. The highest BCUT2D eigenvalue weighted by atomic mass is 32.3. The first-order valence-corrected chi connectivity index (χ1v) is 7.79. The van der Waals surface area contributed by atoms with Crippen molar-refractivity contribution >= 4 is 16.4 Å². The number of hydrogen-bond acceptors (Lipinski definition) is 7. The summed E-state index contributed by atoms with van der Waals surface area (Å²) in [4.78, 5) is 11.9. The molecule has 0 aliphatic heterocycles. The van der Waals surface area contributed by atoms with Crippen LogP contribution in [0, 0.1) is 0 Å². The molecule has 0 aliphatic carbocycles. The zero-order valence-electron chi connectivity index (χ0n) is 12.5. The fourth-order valence-corrected chi connectivity index (χ4v) is 1.95. The second kappa shape index (κ2) is 7.85. The molecule has 1 aromatic carbocycles. The Morgan fingerprint density at radius 2 is 1.73 bits per heavy atom. The minimum atomic E-state index is -4.77. The van der Waals surface area contributed by atoms with Crippen molar-refractivity contribution in [3.8, 4) is 17.2 Å². The largest absolute Gasteiger partial charge is 0.493 e. The maximum absolute atomic E-state index is 11.9. The molecular weight excluding hydrogens is 316 g/mol. The first-order chi connectivity index (χ1) is 10.3. The van der Waals surface area contributed by atoms with Crippen LogP contribution in [-0.4, -0.2) is 39.8 Å². The van der Waals surface area contributed by atoms with Crippen molar-refractivity contribution in [2.45, 2.75) is 19.8 Å². The first kappa shape index (κ1) is 18.1. The van der Waals surface area contributed by atoms with Crippen molar-refractivity contribution in [2.24, 2.45) is 0 Å². The third-order valence-electron chi connectivity index (χ3n) is 2.62. The van der Waals surface area contributed by atoms with Crippen LogP contribution in [0.5, 0.6) is 17.2 Å². The molecule has 0 bridgehead atoms. The summed E-state index contributed by atoms with van der Waals surface area (Å²) in [5.41, 5.74) is 0.104. The maximum atomic E-state index is 11.9. The molecule has 8 nitrogen and oxygen atoms in total. The van der Waals surface area contributed by atoms with E-state index < -0.39 is 16.4 Å². The van der Waals surface area contributed by atoms with Crippen LogP contribution >= 0.6 is 0 Å². The van der Waals surface area contributed by atoms with Gasteiger partial charge in [-0.25, -0.2) is 4.79 Å². The molecule has 1 aromatic rings. The quantitative estimate of drug-likeness (QED) is 0.436. The third kappa shape index (κ3) is 5.08. The molecule has 0 radical (unpaired) electrons. The molecule has 124 valence electrons. The molecular formula is C13H18O8S. The molecule has 0 aromatic heterocycles. The number of ether oxygens (including phenoxy) is 3. The van der Waals surface area contributed by atoms with E-state index in [0.29, 0.717) is 0 Å². The van der Waals surface area contributed by atoms with Crippen molar-refractivity contribution in [1.29, 1.82) is 0 Å². The van der Waals surface area contributed by atoms with Gasteiger partial charge in [0.25, 0.3) is 0 Å². The Labute approximate surface area is 128 Å². The summed E-state index contributed by atoms with van der Waals surface area (Å²) >= 11 is 0. The fourth-order valence-electron chi connectivity index (χ4n) is 1.58. The van der Waals surface area contributed by atoms with Gasteiger partial charge in [0.1, 0.15) is 0 Å². The molecule has 9 heteroatoms. The summed E-state index contributed by atoms with van der Waals surface area (Å²) in [6, 6.07) is 2.47. The number of unbranched alkanes of at least 4 members (excludes halogenated alkanes) is 1. The van der Waals surface area contributed by atoms with Gasteiger partial charge in [-0.15, -0.1) is 0 Å².